The van der Waals surface area contributed by atoms with E-state index in [0.29, 0.717) is 6.54 Å². The molecule has 1 aromatic rings. The normalized spacial score (nSPS) is 19.0. The predicted molar refractivity (Wildman–Crippen MR) is 70.2 cm³/mol. The quantitative estimate of drug-likeness (QED) is 0.815. The van der Waals surface area contributed by atoms with Gasteiger partial charge in [-0.2, -0.15) is 0 Å². The Balaban J connectivity index is 1.79. The molecule has 0 radical (unpaired) electrons. The van der Waals surface area contributed by atoms with Gasteiger partial charge in [-0.3, -0.25) is 0 Å². The second-order valence-corrected chi connectivity index (χ2v) is 5.40. The standard InChI is InChI=1S/C14H24N2O2/c1-2-12-8-16-13(18-12)9-15-10-14(11-17)6-4-3-5-7-14/h8,15,17H,2-7,9-11H2,1H3. The molecule has 1 aromatic heterocycles. The number of nitrogens with one attached hydrogen (secondary N) is 1. The van der Waals surface area contributed by atoms with Crippen molar-refractivity contribution in [2.24, 2.45) is 5.41 Å². The number of aromatic nitrogens is 1. The molecule has 1 aliphatic carbocycles. The van der Waals surface area contributed by atoms with E-state index in [1.54, 1.807) is 6.20 Å². The fourth-order valence-electron chi connectivity index (χ4n) is 2.72. The Morgan fingerprint density at radius 2 is 2.17 bits per heavy atom. The number of hydrogen-bond acceptors (Lipinski definition) is 4. The molecule has 0 atom stereocenters. The van der Waals surface area contributed by atoms with Crippen LogP contribution in [0.4, 0.5) is 0 Å². The number of nitrogens with zero attached hydrogens (tertiary/aromatic N) is 1. The first-order valence-corrected chi connectivity index (χ1v) is 7.03. The molecular weight excluding hydrogens is 228 g/mol. The summed E-state index contributed by atoms with van der Waals surface area (Å²) in [5, 5.41) is 13.0. The van der Waals surface area contributed by atoms with Crippen LogP contribution in [0.2, 0.25) is 0 Å². The van der Waals surface area contributed by atoms with Gasteiger partial charge in [-0.15, -0.1) is 0 Å². The van der Waals surface area contributed by atoms with Crippen molar-refractivity contribution in [1.82, 2.24) is 10.3 Å². The smallest absolute Gasteiger partial charge is 0.208 e. The minimum absolute atomic E-state index is 0.0818. The van der Waals surface area contributed by atoms with E-state index in [4.69, 9.17) is 4.42 Å². The Morgan fingerprint density at radius 1 is 1.39 bits per heavy atom. The SMILES string of the molecule is CCc1cnc(CNCC2(CO)CCCCC2)o1. The van der Waals surface area contributed by atoms with Crippen molar-refractivity contribution in [3.8, 4) is 0 Å². The van der Waals surface area contributed by atoms with Crippen molar-refractivity contribution >= 4 is 0 Å². The van der Waals surface area contributed by atoms with E-state index in [2.05, 4.69) is 17.2 Å². The van der Waals surface area contributed by atoms with Crippen LogP contribution in [0.15, 0.2) is 10.6 Å². The number of aliphatic hydroxyl groups is 1. The van der Waals surface area contributed by atoms with Crippen LogP contribution >= 0.6 is 0 Å². The first kappa shape index (κ1) is 13.6. The molecule has 1 aliphatic rings. The van der Waals surface area contributed by atoms with Crippen LogP contribution in [0.5, 0.6) is 0 Å². The highest BCUT2D eigenvalue weighted by Crippen LogP contribution is 2.35. The van der Waals surface area contributed by atoms with Gasteiger partial charge in [-0.1, -0.05) is 26.2 Å². The van der Waals surface area contributed by atoms with E-state index in [9.17, 15) is 5.11 Å². The summed E-state index contributed by atoms with van der Waals surface area (Å²) in [6.07, 6.45) is 8.71. The molecule has 0 saturated heterocycles. The van der Waals surface area contributed by atoms with Crippen LogP contribution in [-0.2, 0) is 13.0 Å². The molecule has 1 fully saturated rings. The van der Waals surface area contributed by atoms with Gasteiger partial charge in [0.25, 0.3) is 0 Å². The van der Waals surface area contributed by atoms with Crippen molar-refractivity contribution in [2.45, 2.75) is 52.0 Å². The summed E-state index contributed by atoms with van der Waals surface area (Å²) in [5.41, 5.74) is 0.0818. The van der Waals surface area contributed by atoms with E-state index >= 15 is 0 Å². The fraction of sp³-hybridized carbons (Fsp3) is 0.786. The molecule has 2 N–H and O–H groups in total. The lowest BCUT2D eigenvalue weighted by Crippen LogP contribution is -2.38. The Hall–Kier alpha value is -0.870. The van der Waals surface area contributed by atoms with Crippen molar-refractivity contribution in [3.05, 3.63) is 17.8 Å². The van der Waals surface area contributed by atoms with E-state index in [0.717, 1.165) is 37.5 Å². The van der Waals surface area contributed by atoms with E-state index < -0.39 is 0 Å². The number of hydrogen-bond donors (Lipinski definition) is 2. The van der Waals surface area contributed by atoms with Gasteiger partial charge < -0.3 is 14.8 Å². The first-order valence-electron chi connectivity index (χ1n) is 7.03. The molecule has 0 unspecified atom stereocenters. The number of aryl methyl sites for hydroxylation is 1. The summed E-state index contributed by atoms with van der Waals surface area (Å²) < 4.78 is 5.55. The van der Waals surface area contributed by atoms with E-state index in [-0.39, 0.29) is 12.0 Å². The second-order valence-electron chi connectivity index (χ2n) is 5.40. The molecule has 18 heavy (non-hydrogen) atoms. The molecular formula is C14H24N2O2. The number of rotatable bonds is 6. The first-order chi connectivity index (χ1) is 8.78. The topological polar surface area (TPSA) is 58.3 Å². The molecule has 1 heterocycles. The summed E-state index contributed by atoms with van der Waals surface area (Å²) in [5.74, 6) is 1.68. The molecule has 0 amide bonds. The minimum Gasteiger partial charge on any atom is -0.444 e. The van der Waals surface area contributed by atoms with Crippen LogP contribution in [0.1, 0.15) is 50.7 Å². The minimum atomic E-state index is 0.0818. The second kappa shape index (κ2) is 6.34. The molecule has 0 bridgehead atoms. The van der Waals surface area contributed by atoms with Gasteiger partial charge in [0, 0.05) is 25.0 Å². The lowest BCUT2D eigenvalue weighted by molar-refractivity contribution is 0.0804. The van der Waals surface area contributed by atoms with Crippen LogP contribution < -0.4 is 5.32 Å². The molecule has 0 spiro atoms. The zero-order valence-electron chi connectivity index (χ0n) is 11.2. The maximum atomic E-state index is 9.60. The summed E-state index contributed by atoms with van der Waals surface area (Å²) in [6.45, 7) is 3.85. The third-order valence-corrected chi connectivity index (χ3v) is 3.98. The molecule has 0 aliphatic heterocycles. The Bertz CT molecular complexity index is 356. The monoisotopic (exact) mass is 252 g/mol. The van der Waals surface area contributed by atoms with Crippen LogP contribution in [-0.4, -0.2) is 23.2 Å². The summed E-state index contributed by atoms with van der Waals surface area (Å²) in [6, 6.07) is 0. The van der Waals surface area contributed by atoms with Gasteiger partial charge in [0.1, 0.15) is 5.76 Å². The van der Waals surface area contributed by atoms with Gasteiger partial charge in [-0.25, -0.2) is 4.98 Å². The van der Waals surface area contributed by atoms with Crippen molar-refractivity contribution in [1.29, 1.82) is 0 Å². The highest BCUT2D eigenvalue weighted by atomic mass is 16.4. The maximum Gasteiger partial charge on any atom is 0.208 e. The van der Waals surface area contributed by atoms with E-state index in [1.807, 2.05) is 0 Å². The highest BCUT2D eigenvalue weighted by Gasteiger charge is 2.30. The van der Waals surface area contributed by atoms with Crippen LogP contribution in [0.3, 0.4) is 0 Å². The molecule has 4 nitrogen and oxygen atoms in total. The molecule has 102 valence electrons. The zero-order chi connectivity index (χ0) is 12.8. The Morgan fingerprint density at radius 3 is 2.78 bits per heavy atom. The van der Waals surface area contributed by atoms with Crippen molar-refractivity contribution in [3.63, 3.8) is 0 Å². The van der Waals surface area contributed by atoms with E-state index in [1.165, 1.54) is 19.3 Å². The fourth-order valence-corrected chi connectivity index (χ4v) is 2.72. The van der Waals surface area contributed by atoms with Gasteiger partial charge >= 0.3 is 0 Å². The third kappa shape index (κ3) is 3.33. The maximum absolute atomic E-state index is 9.60. The molecule has 0 aromatic carbocycles. The summed E-state index contributed by atoms with van der Waals surface area (Å²) in [7, 11) is 0. The lowest BCUT2D eigenvalue weighted by Gasteiger charge is -2.35. The Labute approximate surface area is 109 Å². The Kier molecular flexibility index (Phi) is 4.78. The summed E-state index contributed by atoms with van der Waals surface area (Å²) >= 11 is 0. The largest absolute Gasteiger partial charge is 0.444 e. The van der Waals surface area contributed by atoms with Gasteiger partial charge in [-0.05, 0) is 12.8 Å². The van der Waals surface area contributed by atoms with Gasteiger partial charge in [0.05, 0.1) is 12.7 Å². The average Bonchev–Trinajstić information content (AvgIpc) is 2.88. The molecule has 1 saturated carbocycles. The van der Waals surface area contributed by atoms with Gasteiger partial charge in [0.2, 0.25) is 5.89 Å². The lowest BCUT2D eigenvalue weighted by atomic mass is 9.74. The van der Waals surface area contributed by atoms with Crippen molar-refractivity contribution in [2.75, 3.05) is 13.2 Å². The highest BCUT2D eigenvalue weighted by molar-refractivity contribution is 4.93. The number of aliphatic hydroxyl groups excluding tert-OH is 1. The molecule has 2 rings (SSSR count). The van der Waals surface area contributed by atoms with Crippen molar-refractivity contribution < 1.29 is 9.52 Å². The summed E-state index contributed by atoms with van der Waals surface area (Å²) in [4.78, 5) is 4.23. The van der Waals surface area contributed by atoms with Gasteiger partial charge in [0.15, 0.2) is 0 Å². The zero-order valence-corrected chi connectivity index (χ0v) is 11.2. The number of oxazole rings is 1. The molecule has 4 heteroatoms. The van der Waals surface area contributed by atoms with Crippen LogP contribution in [0, 0.1) is 5.41 Å². The predicted octanol–water partition coefficient (Wildman–Crippen LogP) is 2.27. The average molecular weight is 252 g/mol. The van der Waals surface area contributed by atoms with Crippen LogP contribution in [0.25, 0.3) is 0 Å². The third-order valence-electron chi connectivity index (χ3n) is 3.98.